The van der Waals surface area contributed by atoms with E-state index < -0.39 is 0 Å². The van der Waals surface area contributed by atoms with Crippen LogP contribution >= 0.6 is 11.6 Å². The Morgan fingerprint density at radius 2 is 2.22 bits per heavy atom. The van der Waals surface area contributed by atoms with Crippen LogP contribution in [0.25, 0.3) is 0 Å². The van der Waals surface area contributed by atoms with Crippen molar-refractivity contribution in [2.75, 3.05) is 11.4 Å². The van der Waals surface area contributed by atoms with Gasteiger partial charge in [0.2, 0.25) is 5.91 Å². The number of amides is 1. The summed E-state index contributed by atoms with van der Waals surface area (Å²) in [5, 5.41) is 4.59. The van der Waals surface area contributed by atoms with Crippen LogP contribution in [0, 0.1) is 0 Å². The number of benzene rings is 1. The molecule has 4 nitrogen and oxygen atoms in total. The fraction of sp³-hybridized carbons (Fsp3) is 0.556. The predicted molar refractivity (Wildman–Crippen MR) is 97.6 cm³/mol. The molecule has 126 valence electrons. The van der Waals surface area contributed by atoms with E-state index in [0.29, 0.717) is 10.9 Å². The number of hydrazone groups is 1. The summed E-state index contributed by atoms with van der Waals surface area (Å²) in [6.07, 6.45) is 3.81. The topological polar surface area (TPSA) is 44.7 Å². The molecule has 0 aliphatic carbocycles. The summed E-state index contributed by atoms with van der Waals surface area (Å²) in [5.41, 5.74) is 5.89. The number of hydrogen-bond acceptors (Lipinski definition) is 3. The van der Waals surface area contributed by atoms with Crippen LogP contribution in [0.2, 0.25) is 5.02 Å². The number of anilines is 1. The smallest absolute Gasteiger partial charge is 0.236 e. The number of carbonyl (C=O) groups excluding carboxylic acids is 1. The maximum absolute atomic E-state index is 10.9. The molecule has 1 amide bonds. The van der Waals surface area contributed by atoms with E-state index in [2.05, 4.69) is 49.2 Å². The first-order valence-electron chi connectivity index (χ1n) is 8.17. The van der Waals surface area contributed by atoms with Gasteiger partial charge in [-0.3, -0.25) is 4.79 Å². The highest BCUT2D eigenvalue weighted by atomic mass is 35.5. The first-order chi connectivity index (χ1) is 10.8. The van der Waals surface area contributed by atoms with E-state index in [1.165, 1.54) is 18.2 Å². The van der Waals surface area contributed by atoms with Gasteiger partial charge in [0.1, 0.15) is 0 Å². The molecule has 0 aromatic heterocycles. The molecular weight excluding hydrogens is 310 g/mol. The van der Waals surface area contributed by atoms with Crippen molar-refractivity contribution in [1.82, 2.24) is 5.43 Å². The number of nitrogens with zero attached hydrogens (tertiary/aromatic N) is 2. The highest BCUT2D eigenvalue weighted by Gasteiger charge is 2.36. The Kier molecular flexibility index (Phi) is 5.35. The lowest BCUT2D eigenvalue weighted by atomic mass is 9.79. The van der Waals surface area contributed by atoms with E-state index in [0.717, 1.165) is 24.9 Å². The largest absolute Gasteiger partial charge is 0.366 e. The van der Waals surface area contributed by atoms with E-state index in [-0.39, 0.29) is 11.4 Å². The summed E-state index contributed by atoms with van der Waals surface area (Å²) in [5.74, 6) is 0.262. The third kappa shape index (κ3) is 3.86. The van der Waals surface area contributed by atoms with Crippen molar-refractivity contribution in [3.63, 3.8) is 0 Å². The second-order valence-corrected chi connectivity index (χ2v) is 7.34. The fourth-order valence-corrected chi connectivity index (χ4v) is 3.67. The second kappa shape index (κ2) is 6.91. The van der Waals surface area contributed by atoms with Gasteiger partial charge in [-0.2, -0.15) is 5.10 Å². The molecule has 1 aromatic carbocycles. The second-order valence-electron chi connectivity index (χ2n) is 6.93. The first-order valence-corrected chi connectivity index (χ1v) is 8.54. The number of halogens is 1. The van der Waals surface area contributed by atoms with Gasteiger partial charge in [0.25, 0.3) is 0 Å². The SMILES string of the molecule is CCCN1c2cc(Cl)c(/C=N\NC(C)=O)cc2C(C)CC1(C)C. The van der Waals surface area contributed by atoms with Crippen molar-refractivity contribution >= 4 is 29.4 Å². The standard InChI is InChI=1S/C18H26ClN3O/c1-6-7-22-17-9-16(19)14(11-20-21-13(3)23)8-15(17)12(2)10-18(22,4)5/h8-9,11-12H,6-7,10H2,1-5H3,(H,21,23)/b20-11-. The van der Waals surface area contributed by atoms with Gasteiger partial charge in [-0.05, 0) is 50.3 Å². The third-order valence-corrected chi connectivity index (χ3v) is 4.70. The zero-order valence-electron chi connectivity index (χ0n) is 14.6. The summed E-state index contributed by atoms with van der Waals surface area (Å²) < 4.78 is 0. The van der Waals surface area contributed by atoms with Crippen LogP contribution in [0.15, 0.2) is 17.2 Å². The van der Waals surface area contributed by atoms with Crippen molar-refractivity contribution in [3.05, 3.63) is 28.3 Å². The van der Waals surface area contributed by atoms with E-state index in [1.54, 1.807) is 6.21 Å². The molecule has 0 saturated heterocycles. The van der Waals surface area contributed by atoms with Gasteiger partial charge >= 0.3 is 0 Å². The summed E-state index contributed by atoms with van der Waals surface area (Å²) in [6.45, 7) is 11.5. The summed E-state index contributed by atoms with van der Waals surface area (Å²) in [6, 6.07) is 4.14. The normalized spacial score (nSPS) is 19.7. The number of carbonyl (C=O) groups is 1. The minimum atomic E-state index is -0.195. The molecule has 1 heterocycles. The van der Waals surface area contributed by atoms with Crippen LogP contribution < -0.4 is 10.3 Å². The van der Waals surface area contributed by atoms with E-state index >= 15 is 0 Å². The number of fused-ring (bicyclic) bond motifs is 1. The Morgan fingerprint density at radius 1 is 1.52 bits per heavy atom. The summed E-state index contributed by atoms with van der Waals surface area (Å²) in [4.78, 5) is 13.4. The van der Waals surface area contributed by atoms with Gasteiger partial charge < -0.3 is 4.90 Å². The highest BCUT2D eigenvalue weighted by molar-refractivity contribution is 6.33. The van der Waals surface area contributed by atoms with Gasteiger partial charge in [0, 0.05) is 30.3 Å². The zero-order chi connectivity index (χ0) is 17.2. The number of nitrogens with one attached hydrogen (secondary N) is 1. The van der Waals surface area contributed by atoms with Gasteiger partial charge in [0.05, 0.1) is 11.2 Å². The quantitative estimate of drug-likeness (QED) is 0.658. The van der Waals surface area contributed by atoms with Gasteiger partial charge in [-0.15, -0.1) is 0 Å². The Bertz CT molecular complexity index is 625. The minimum Gasteiger partial charge on any atom is -0.366 e. The molecule has 1 aromatic rings. The molecule has 0 spiro atoms. The molecule has 1 aliphatic heterocycles. The number of rotatable bonds is 4. The summed E-state index contributed by atoms with van der Waals surface area (Å²) in [7, 11) is 0. The molecule has 0 bridgehead atoms. The zero-order valence-corrected chi connectivity index (χ0v) is 15.4. The van der Waals surface area contributed by atoms with Crippen molar-refractivity contribution < 1.29 is 4.79 Å². The molecule has 5 heteroatoms. The van der Waals surface area contributed by atoms with Crippen LogP contribution in [-0.2, 0) is 4.79 Å². The van der Waals surface area contributed by atoms with Crippen molar-refractivity contribution in [1.29, 1.82) is 0 Å². The average Bonchev–Trinajstić information content (AvgIpc) is 2.43. The molecule has 23 heavy (non-hydrogen) atoms. The maximum Gasteiger partial charge on any atom is 0.236 e. The summed E-state index contributed by atoms with van der Waals surface area (Å²) >= 11 is 6.45. The van der Waals surface area contributed by atoms with E-state index in [9.17, 15) is 4.79 Å². The highest BCUT2D eigenvalue weighted by Crippen LogP contribution is 2.44. The van der Waals surface area contributed by atoms with Gasteiger partial charge in [-0.1, -0.05) is 25.4 Å². The van der Waals surface area contributed by atoms with E-state index in [4.69, 9.17) is 11.6 Å². The van der Waals surface area contributed by atoms with Gasteiger partial charge in [-0.25, -0.2) is 5.43 Å². The monoisotopic (exact) mass is 335 g/mol. The third-order valence-electron chi connectivity index (χ3n) is 4.38. The molecule has 1 N–H and O–H groups in total. The Hall–Kier alpha value is -1.55. The lowest BCUT2D eigenvalue weighted by Gasteiger charge is -2.47. The molecule has 1 unspecified atom stereocenters. The Labute approximate surface area is 143 Å². The van der Waals surface area contributed by atoms with Crippen LogP contribution in [0.5, 0.6) is 0 Å². The maximum atomic E-state index is 10.9. The van der Waals surface area contributed by atoms with Gasteiger partial charge in [0.15, 0.2) is 0 Å². The molecule has 0 saturated carbocycles. The Morgan fingerprint density at radius 3 is 2.83 bits per heavy atom. The number of hydrogen-bond donors (Lipinski definition) is 1. The van der Waals surface area contributed by atoms with Crippen molar-refractivity contribution in [2.45, 2.75) is 58.9 Å². The fourth-order valence-electron chi connectivity index (χ4n) is 3.46. The van der Waals surface area contributed by atoms with Crippen LogP contribution in [0.4, 0.5) is 5.69 Å². The molecular formula is C18H26ClN3O. The minimum absolute atomic E-state index is 0.123. The molecule has 0 fully saturated rings. The van der Waals surface area contributed by atoms with E-state index in [1.807, 2.05) is 6.07 Å². The van der Waals surface area contributed by atoms with Crippen LogP contribution in [0.3, 0.4) is 0 Å². The van der Waals surface area contributed by atoms with Crippen LogP contribution in [-0.4, -0.2) is 24.2 Å². The lowest BCUT2D eigenvalue weighted by Crippen LogP contribution is -2.48. The molecule has 0 radical (unpaired) electrons. The molecule has 1 atom stereocenters. The molecule has 1 aliphatic rings. The van der Waals surface area contributed by atoms with Crippen molar-refractivity contribution in [3.8, 4) is 0 Å². The van der Waals surface area contributed by atoms with Crippen LogP contribution in [0.1, 0.15) is 64.5 Å². The lowest BCUT2D eigenvalue weighted by molar-refractivity contribution is -0.118. The Balaban J connectivity index is 2.44. The first kappa shape index (κ1) is 17.8. The van der Waals surface area contributed by atoms with Crippen molar-refractivity contribution in [2.24, 2.45) is 5.10 Å². The predicted octanol–water partition coefficient (Wildman–Crippen LogP) is 4.31. The average molecular weight is 336 g/mol. The molecule has 2 rings (SSSR count).